The summed E-state index contributed by atoms with van der Waals surface area (Å²) in [6, 6.07) is 7.74. The van der Waals surface area contributed by atoms with Gasteiger partial charge in [-0.05, 0) is 18.6 Å². The lowest BCUT2D eigenvalue weighted by molar-refractivity contribution is -0.141. The van der Waals surface area contributed by atoms with Gasteiger partial charge in [0.05, 0.1) is 17.0 Å². The number of carboxylic acid groups (broad SMARTS) is 1. The smallest absolute Gasteiger partial charge is 0.308 e. The number of rotatable bonds is 4. The van der Waals surface area contributed by atoms with Crippen molar-refractivity contribution in [1.29, 1.82) is 0 Å². The summed E-state index contributed by atoms with van der Waals surface area (Å²) in [5.41, 5.74) is 1.86. The van der Waals surface area contributed by atoms with Crippen LogP contribution in [0.3, 0.4) is 0 Å². The molecule has 1 atom stereocenters. The van der Waals surface area contributed by atoms with E-state index in [0.29, 0.717) is 32.4 Å². The fourth-order valence-corrected chi connectivity index (χ4v) is 2.70. The number of aryl methyl sites for hydroxylation is 1. The number of amides is 1. The maximum absolute atomic E-state index is 12.1. The van der Waals surface area contributed by atoms with Crippen molar-refractivity contribution in [3.05, 3.63) is 30.1 Å². The molecular formula is C15H19Cl2N3O3. The van der Waals surface area contributed by atoms with Crippen LogP contribution in [0.15, 0.2) is 24.3 Å². The Morgan fingerprint density at radius 2 is 2.04 bits per heavy atom. The van der Waals surface area contributed by atoms with Gasteiger partial charge in [0, 0.05) is 25.9 Å². The first-order chi connectivity index (χ1) is 10.1. The highest BCUT2D eigenvalue weighted by molar-refractivity contribution is 5.85. The number of H-pyrrole nitrogens is 1. The summed E-state index contributed by atoms with van der Waals surface area (Å²) in [6.07, 6.45) is 1.44. The summed E-state index contributed by atoms with van der Waals surface area (Å²) in [7, 11) is 0. The number of halogens is 2. The number of nitrogens with zero attached hydrogens (tertiary/aromatic N) is 2. The van der Waals surface area contributed by atoms with Crippen molar-refractivity contribution in [3.8, 4) is 0 Å². The molecule has 1 aliphatic rings. The van der Waals surface area contributed by atoms with Gasteiger partial charge in [-0.2, -0.15) is 0 Å². The number of aromatic amines is 1. The van der Waals surface area contributed by atoms with E-state index in [1.807, 2.05) is 24.3 Å². The van der Waals surface area contributed by atoms with Crippen LogP contribution < -0.4 is 0 Å². The van der Waals surface area contributed by atoms with Gasteiger partial charge >= 0.3 is 5.97 Å². The molecule has 23 heavy (non-hydrogen) atoms. The second kappa shape index (κ2) is 8.17. The maximum Gasteiger partial charge on any atom is 0.308 e. The van der Waals surface area contributed by atoms with Crippen LogP contribution in [0.5, 0.6) is 0 Å². The number of aliphatic carboxylic acids is 1. The van der Waals surface area contributed by atoms with Crippen LogP contribution in [0, 0.1) is 5.92 Å². The second-order valence-electron chi connectivity index (χ2n) is 5.36. The minimum Gasteiger partial charge on any atom is -0.481 e. The van der Waals surface area contributed by atoms with Gasteiger partial charge in [-0.3, -0.25) is 9.59 Å². The highest BCUT2D eigenvalue weighted by atomic mass is 35.5. The minimum absolute atomic E-state index is 0. The van der Waals surface area contributed by atoms with E-state index in [1.165, 1.54) is 0 Å². The maximum atomic E-state index is 12.1. The van der Waals surface area contributed by atoms with Crippen LogP contribution in [-0.4, -0.2) is 44.9 Å². The number of aromatic nitrogens is 2. The van der Waals surface area contributed by atoms with Crippen molar-refractivity contribution in [2.45, 2.75) is 19.3 Å². The SMILES string of the molecule is Cl.Cl.O=C(O)C1CCN(C(=O)CCc2nc3ccccc3[nH]2)C1. The summed E-state index contributed by atoms with van der Waals surface area (Å²) in [5.74, 6) is -0.444. The highest BCUT2D eigenvalue weighted by Gasteiger charge is 2.30. The normalized spacial score (nSPS) is 16.7. The molecule has 0 saturated carbocycles. The summed E-state index contributed by atoms with van der Waals surface area (Å²) >= 11 is 0. The van der Waals surface area contributed by atoms with Crippen molar-refractivity contribution in [2.75, 3.05) is 13.1 Å². The number of nitrogens with one attached hydrogen (secondary N) is 1. The first-order valence-corrected chi connectivity index (χ1v) is 7.07. The van der Waals surface area contributed by atoms with Gasteiger partial charge in [0.25, 0.3) is 0 Å². The molecule has 2 heterocycles. The van der Waals surface area contributed by atoms with Gasteiger partial charge in [-0.25, -0.2) is 4.98 Å². The Labute approximate surface area is 146 Å². The predicted octanol–water partition coefficient (Wildman–Crippen LogP) is 2.27. The molecule has 0 aliphatic carbocycles. The van der Waals surface area contributed by atoms with Crippen molar-refractivity contribution >= 4 is 47.7 Å². The average Bonchev–Trinajstić information content (AvgIpc) is 3.11. The van der Waals surface area contributed by atoms with E-state index in [1.54, 1.807) is 4.90 Å². The van der Waals surface area contributed by atoms with Gasteiger partial charge < -0.3 is 15.0 Å². The molecule has 3 rings (SSSR count). The van der Waals surface area contributed by atoms with E-state index in [2.05, 4.69) is 9.97 Å². The zero-order valence-corrected chi connectivity index (χ0v) is 14.0. The number of carbonyl (C=O) groups is 2. The fourth-order valence-electron chi connectivity index (χ4n) is 2.70. The van der Waals surface area contributed by atoms with Gasteiger partial charge in [0.1, 0.15) is 5.82 Å². The molecular weight excluding hydrogens is 341 g/mol. The summed E-state index contributed by atoms with van der Waals surface area (Å²) in [4.78, 5) is 32.3. The number of benzene rings is 1. The molecule has 6 nitrogen and oxygen atoms in total. The van der Waals surface area contributed by atoms with E-state index < -0.39 is 11.9 Å². The average molecular weight is 360 g/mol. The predicted molar refractivity (Wildman–Crippen MR) is 91.2 cm³/mol. The van der Waals surface area contributed by atoms with Crippen LogP contribution in [0.1, 0.15) is 18.7 Å². The van der Waals surface area contributed by atoms with Gasteiger partial charge in [0.15, 0.2) is 0 Å². The molecule has 2 aromatic rings. The molecule has 1 aromatic heterocycles. The molecule has 2 N–H and O–H groups in total. The van der Waals surface area contributed by atoms with Crippen LogP contribution in [0.4, 0.5) is 0 Å². The van der Waals surface area contributed by atoms with Crippen molar-refractivity contribution < 1.29 is 14.7 Å². The topological polar surface area (TPSA) is 86.3 Å². The molecule has 0 bridgehead atoms. The zero-order valence-electron chi connectivity index (χ0n) is 12.4. The van der Waals surface area contributed by atoms with Gasteiger partial charge in [-0.1, -0.05) is 12.1 Å². The standard InChI is InChI=1S/C15H17N3O3.2ClH/c19-14(18-8-7-10(9-18)15(20)21)6-5-13-16-11-3-1-2-4-12(11)17-13;;/h1-4,10H,5-9H2,(H,16,17)(H,20,21);2*1H. The zero-order chi connectivity index (χ0) is 14.8. The lowest BCUT2D eigenvalue weighted by atomic mass is 10.1. The monoisotopic (exact) mass is 359 g/mol. The van der Waals surface area contributed by atoms with Crippen LogP contribution in [-0.2, 0) is 16.0 Å². The van der Waals surface area contributed by atoms with E-state index in [4.69, 9.17) is 5.11 Å². The van der Waals surface area contributed by atoms with Crippen molar-refractivity contribution in [2.24, 2.45) is 5.92 Å². The first-order valence-electron chi connectivity index (χ1n) is 7.07. The Morgan fingerprint density at radius 3 is 2.70 bits per heavy atom. The highest BCUT2D eigenvalue weighted by Crippen LogP contribution is 2.18. The molecule has 1 fully saturated rings. The number of likely N-dealkylation sites (tertiary alicyclic amines) is 1. The second-order valence-corrected chi connectivity index (χ2v) is 5.36. The first kappa shape index (κ1) is 19.3. The lowest BCUT2D eigenvalue weighted by Gasteiger charge is -2.15. The number of para-hydroxylation sites is 2. The van der Waals surface area contributed by atoms with E-state index in [0.717, 1.165) is 16.9 Å². The Bertz CT molecular complexity index is 656. The summed E-state index contributed by atoms with van der Waals surface area (Å²) in [6.45, 7) is 0.865. The number of fused-ring (bicyclic) bond motifs is 1. The number of imidazole rings is 1. The van der Waals surface area contributed by atoms with E-state index >= 15 is 0 Å². The van der Waals surface area contributed by atoms with E-state index in [-0.39, 0.29) is 30.7 Å². The van der Waals surface area contributed by atoms with Gasteiger partial charge in [0.2, 0.25) is 5.91 Å². The lowest BCUT2D eigenvalue weighted by Crippen LogP contribution is -2.30. The van der Waals surface area contributed by atoms with Crippen molar-refractivity contribution in [3.63, 3.8) is 0 Å². The van der Waals surface area contributed by atoms with Crippen LogP contribution in [0.2, 0.25) is 0 Å². The van der Waals surface area contributed by atoms with E-state index in [9.17, 15) is 9.59 Å². The number of carbonyl (C=O) groups excluding carboxylic acids is 1. The summed E-state index contributed by atoms with van der Waals surface area (Å²) in [5, 5.41) is 8.95. The molecule has 126 valence electrons. The van der Waals surface area contributed by atoms with Gasteiger partial charge in [-0.15, -0.1) is 24.8 Å². The quantitative estimate of drug-likeness (QED) is 0.876. The third kappa shape index (κ3) is 4.36. The number of carboxylic acids is 1. The Balaban J connectivity index is 0.00000132. The van der Waals surface area contributed by atoms with Crippen molar-refractivity contribution in [1.82, 2.24) is 14.9 Å². The van der Waals surface area contributed by atoms with Crippen LogP contribution in [0.25, 0.3) is 11.0 Å². The molecule has 1 amide bonds. The molecule has 1 aliphatic heterocycles. The molecule has 0 radical (unpaired) electrons. The number of hydrogen-bond donors (Lipinski definition) is 2. The Hall–Kier alpha value is -1.79. The minimum atomic E-state index is -0.817. The number of hydrogen-bond acceptors (Lipinski definition) is 3. The molecule has 1 saturated heterocycles. The largest absolute Gasteiger partial charge is 0.481 e. The fraction of sp³-hybridized carbons (Fsp3) is 0.400. The Morgan fingerprint density at radius 1 is 1.30 bits per heavy atom. The molecule has 1 unspecified atom stereocenters. The molecule has 8 heteroatoms. The Kier molecular flexibility index (Phi) is 6.84. The summed E-state index contributed by atoms with van der Waals surface area (Å²) < 4.78 is 0. The third-order valence-corrected chi connectivity index (χ3v) is 3.90. The third-order valence-electron chi connectivity index (χ3n) is 3.90. The molecule has 1 aromatic carbocycles. The molecule has 0 spiro atoms. The van der Waals surface area contributed by atoms with Crippen LogP contribution >= 0.6 is 24.8 Å².